The molecule has 0 N–H and O–H groups in total. The van der Waals surface area contributed by atoms with Crippen LogP contribution >= 0.6 is 0 Å². The van der Waals surface area contributed by atoms with Gasteiger partial charge in [0.2, 0.25) is 0 Å². The third kappa shape index (κ3) is 3.77. The van der Waals surface area contributed by atoms with Crippen molar-refractivity contribution >= 4 is 44.3 Å². The highest BCUT2D eigenvalue weighted by atomic mass is 16.5. The van der Waals surface area contributed by atoms with E-state index in [2.05, 4.69) is 48.5 Å². The number of rotatable bonds is 6. The summed E-state index contributed by atoms with van der Waals surface area (Å²) in [7, 11) is 0. The summed E-state index contributed by atoms with van der Waals surface area (Å²) in [6.07, 6.45) is 0. The van der Waals surface area contributed by atoms with E-state index in [0.29, 0.717) is 24.3 Å². The van der Waals surface area contributed by atoms with Gasteiger partial charge in [0.15, 0.2) is 0 Å². The van der Waals surface area contributed by atoms with Crippen LogP contribution in [0.3, 0.4) is 0 Å². The molecule has 6 aromatic rings. The molecular weight excluding hydrogens is 472 g/mol. The Morgan fingerprint density at radius 1 is 0.500 bits per heavy atom. The smallest absolute Gasteiger partial charge is 0.338 e. The van der Waals surface area contributed by atoms with Gasteiger partial charge in [0.1, 0.15) is 0 Å². The van der Waals surface area contributed by atoms with E-state index in [1.807, 2.05) is 62.4 Å². The predicted octanol–water partition coefficient (Wildman–Crippen LogP) is 8.27. The Balaban J connectivity index is 1.64. The molecule has 0 aliphatic rings. The van der Waals surface area contributed by atoms with E-state index in [9.17, 15) is 9.59 Å². The SMILES string of the molecule is CCOC(=O)c1ccccc1-c1ccc2ccc3c(-c4ccccc4C(=O)OCC)ccc4ccc1c2c43. The first-order chi connectivity index (χ1) is 18.6. The molecule has 38 heavy (non-hydrogen) atoms. The van der Waals surface area contributed by atoms with Crippen molar-refractivity contribution in [3.8, 4) is 22.3 Å². The summed E-state index contributed by atoms with van der Waals surface area (Å²) in [4.78, 5) is 25.6. The lowest BCUT2D eigenvalue weighted by atomic mass is 9.86. The van der Waals surface area contributed by atoms with Crippen LogP contribution in [0.1, 0.15) is 34.6 Å². The topological polar surface area (TPSA) is 52.6 Å². The number of benzene rings is 6. The van der Waals surface area contributed by atoms with E-state index < -0.39 is 0 Å². The molecule has 0 aromatic heterocycles. The van der Waals surface area contributed by atoms with Crippen molar-refractivity contribution in [3.63, 3.8) is 0 Å². The van der Waals surface area contributed by atoms with Crippen molar-refractivity contribution in [2.75, 3.05) is 13.2 Å². The largest absolute Gasteiger partial charge is 0.462 e. The Bertz CT molecular complexity index is 1700. The predicted molar refractivity (Wildman–Crippen MR) is 153 cm³/mol. The molecule has 0 fully saturated rings. The maximum Gasteiger partial charge on any atom is 0.338 e. The lowest BCUT2D eigenvalue weighted by molar-refractivity contribution is 0.0517. The molecule has 186 valence electrons. The first-order valence-electron chi connectivity index (χ1n) is 12.9. The van der Waals surface area contributed by atoms with Crippen molar-refractivity contribution in [2.45, 2.75) is 13.8 Å². The standard InChI is InChI=1S/C34H26O4/c1-3-37-33(35)29-11-7-5-9-23(29)25-17-13-21-16-20-28-26(18-14-22-15-19-27(25)31(21)32(22)28)24-10-6-8-12-30(24)34(36)38-4-2/h5-20H,3-4H2,1-2H3. The molecule has 0 radical (unpaired) electrons. The van der Waals surface area contributed by atoms with Crippen molar-refractivity contribution in [1.29, 1.82) is 0 Å². The minimum Gasteiger partial charge on any atom is -0.462 e. The monoisotopic (exact) mass is 498 g/mol. The molecular formula is C34H26O4. The van der Waals surface area contributed by atoms with Gasteiger partial charge in [-0.3, -0.25) is 0 Å². The van der Waals surface area contributed by atoms with Crippen molar-refractivity contribution in [1.82, 2.24) is 0 Å². The summed E-state index contributed by atoms with van der Waals surface area (Å²) < 4.78 is 10.7. The third-order valence-corrected chi connectivity index (χ3v) is 7.09. The third-order valence-electron chi connectivity index (χ3n) is 7.09. The molecule has 0 unspecified atom stereocenters. The van der Waals surface area contributed by atoms with Gasteiger partial charge in [-0.25, -0.2) is 9.59 Å². The van der Waals surface area contributed by atoms with Crippen molar-refractivity contribution < 1.29 is 19.1 Å². The zero-order chi connectivity index (χ0) is 26.2. The van der Waals surface area contributed by atoms with Crippen LogP contribution in [-0.2, 0) is 9.47 Å². The normalized spacial score (nSPS) is 11.3. The van der Waals surface area contributed by atoms with Gasteiger partial charge in [0.25, 0.3) is 0 Å². The van der Waals surface area contributed by atoms with Gasteiger partial charge < -0.3 is 9.47 Å². The van der Waals surface area contributed by atoms with Gasteiger partial charge in [-0.2, -0.15) is 0 Å². The van der Waals surface area contributed by atoms with E-state index in [1.54, 1.807) is 0 Å². The fraction of sp³-hybridized carbons (Fsp3) is 0.118. The molecule has 0 amide bonds. The highest BCUT2D eigenvalue weighted by Gasteiger charge is 2.20. The molecule has 0 aliphatic heterocycles. The Labute approximate surface area is 220 Å². The first kappa shape index (κ1) is 23.7. The zero-order valence-corrected chi connectivity index (χ0v) is 21.3. The number of esters is 2. The summed E-state index contributed by atoms with van der Waals surface area (Å²) in [5.74, 6) is -0.654. The van der Waals surface area contributed by atoms with Crippen LogP contribution in [0, 0.1) is 0 Å². The lowest BCUT2D eigenvalue weighted by Gasteiger charge is -2.18. The second kappa shape index (κ2) is 9.64. The summed E-state index contributed by atoms with van der Waals surface area (Å²) in [6, 6.07) is 32.1. The van der Waals surface area contributed by atoms with Gasteiger partial charge in [0, 0.05) is 0 Å². The van der Waals surface area contributed by atoms with Gasteiger partial charge in [-0.15, -0.1) is 0 Å². The fourth-order valence-corrected chi connectivity index (χ4v) is 5.48. The van der Waals surface area contributed by atoms with Crippen LogP contribution in [0.4, 0.5) is 0 Å². The molecule has 4 nitrogen and oxygen atoms in total. The van der Waals surface area contributed by atoms with E-state index in [1.165, 1.54) is 0 Å². The lowest BCUT2D eigenvalue weighted by Crippen LogP contribution is -2.06. The molecule has 6 aromatic carbocycles. The highest BCUT2D eigenvalue weighted by Crippen LogP contribution is 2.43. The van der Waals surface area contributed by atoms with Crippen LogP contribution in [0.2, 0.25) is 0 Å². The maximum atomic E-state index is 12.8. The van der Waals surface area contributed by atoms with Crippen LogP contribution in [-0.4, -0.2) is 25.2 Å². The summed E-state index contributed by atoms with van der Waals surface area (Å²) in [5, 5.41) is 6.62. The summed E-state index contributed by atoms with van der Waals surface area (Å²) in [6.45, 7) is 4.27. The van der Waals surface area contributed by atoms with Gasteiger partial charge >= 0.3 is 11.9 Å². The van der Waals surface area contributed by atoms with Crippen LogP contribution in [0.25, 0.3) is 54.6 Å². The van der Waals surface area contributed by atoms with Crippen molar-refractivity contribution in [2.24, 2.45) is 0 Å². The minimum atomic E-state index is -0.327. The molecule has 0 saturated carbocycles. The number of carbonyl (C=O) groups is 2. The van der Waals surface area contributed by atoms with E-state index in [-0.39, 0.29) is 11.9 Å². The molecule has 0 bridgehead atoms. The highest BCUT2D eigenvalue weighted by molar-refractivity contribution is 6.28. The number of ether oxygens (including phenoxy) is 2. The Kier molecular flexibility index (Phi) is 6.01. The molecule has 0 atom stereocenters. The minimum absolute atomic E-state index is 0.321. The molecule has 0 heterocycles. The van der Waals surface area contributed by atoms with E-state index in [0.717, 1.165) is 54.6 Å². The quantitative estimate of drug-likeness (QED) is 0.171. The Morgan fingerprint density at radius 3 is 1.32 bits per heavy atom. The molecule has 6 rings (SSSR count). The molecule has 4 heteroatoms. The average Bonchev–Trinajstić information content (AvgIpc) is 2.96. The molecule has 0 aliphatic carbocycles. The van der Waals surface area contributed by atoms with Crippen LogP contribution in [0.15, 0.2) is 97.1 Å². The van der Waals surface area contributed by atoms with Gasteiger partial charge in [-0.05, 0) is 80.6 Å². The number of hydrogen-bond acceptors (Lipinski definition) is 4. The van der Waals surface area contributed by atoms with Gasteiger partial charge in [-0.1, -0.05) is 84.9 Å². The summed E-state index contributed by atoms with van der Waals surface area (Å²) >= 11 is 0. The van der Waals surface area contributed by atoms with Crippen LogP contribution in [0.5, 0.6) is 0 Å². The zero-order valence-electron chi connectivity index (χ0n) is 21.3. The molecule has 0 spiro atoms. The number of carbonyl (C=O) groups excluding carboxylic acids is 2. The van der Waals surface area contributed by atoms with Crippen LogP contribution < -0.4 is 0 Å². The Morgan fingerprint density at radius 2 is 0.895 bits per heavy atom. The second-order valence-electron chi connectivity index (χ2n) is 9.18. The first-order valence-corrected chi connectivity index (χ1v) is 12.9. The maximum absolute atomic E-state index is 12.8. The summed E-state index contributed by atoms with van der Waals surface area (Å²) in [5.41, 5.74) is 4.75. The number of hydrogen-bond donors (Lipinski definition) is 0. The van der Waals surface area contributed by atoms with Crippen molar-refractivity contribution in [3.05, 3.63) is 108 Å². The van der Waals surface area contributed by atoms with Gasteiger partial charge in [0.05, 0.1) is 24.3 Å². The fourth-order valence-electron chi connectivity index (χ4n) is 5.48. The van der Waals surface area contributed by atoms with E-state index >= 15 is 0 Å². The second-order valence-corrected chi connectivity index (χ2v) is 9.18. The molecule has 0 saturated heterocycles. The Hall–Kier alpha value is -4.70. The van der Waals surface area contributed by atoms with E-state index in [4.69, 9.17) is 9.47 Å². The average molecular weight is 499 g/mol.